The Morgan fingerprint density at radius 2 is 1.83 bits per heavy atom. The Labute approximate surface area is 178 Å². The van der Waals surface area contributed by atoms with Crippen molar-refractivity contribution in [1.29, 1.82) is 0 Å². The van der Waals surface area contributed by atoms with E-state index in [-0.39, 0.29) is 11.2 Å². The summed E-state index contributed by atoms with van der Waals surface area (Å²) in [6.45, 7) is 10.7. The van der Waals surface area contributed by atoms with E-state index in [4.69, 9.17) is 27.1 Å². The number of amides is 1. The van der Waals surface area contributed by atoms with Crippen molar-refractivity contribution in [2.45, 2.75) is 25.9 Å². The molecule has 2 N–H and O–H groups in total. The minimum Gasteiger partial charge on any atom is -0.378 e. The van der Waals surface area contributed by atoms with Crippen molar-refractivity contribution in [2.75, 3.05) is 57.4 Å². The molecule has 4 heterocycles. The highest BCUT2D eigenvalue weighted by atomic mass is 35.5. The van der Waals surface area contributed by atoms with Crippen molar-refractivity contribution in [2.24, 2.45) is 5.73 Å². The standard InChI is InChI=1S/C18H26ClN7O2S/c1-18(2,16(20)27)26-5-3-24(4-6-26)11-12-21-13-14(25-7-9-28-10-8-25)22-17(19)23-15(13)29-12/h3-11H2,1-2H3,(H2,20,27). The number of hydrogen-bond donors (Lipinski definition) is 1. The van der Waals surface area contributed by atoms with Gasteiger partial charge in [-0.15, -0.1) is 0 Å². The number of nitrogens with zero attached hydrogens (tertiary/aromatic N) is 6. The molecule has 0 aromatic carbocycles. The maximum Gasteiger partial charge on any atom is 0.237 e. The van der Waals surface area contributed by atoms with Gasteiger partial charge in [-0.2, -0.15) is 4.98 Å². The fourth-order valence-electron chi connectivity index (χ4n) is 3.70. The molecule has 158 valence electrons. The predicted molar refractivity (Wildman–Crippen MR) is 113 cm³/mol. The van der Waals surface area contributed by atoms with E-state index >= 15 is 0 Å². The second-order valence-corrected chi connectivity index (χ2v) is 9.26. The number of piperazine rings is 1. The summed E-state index contributed by atoms with van der Waals surface area (Å²) in [6, 6.07) is 0. The molecule has 2 aliphatic heterocycles. The monoisotopic (exact) mass is 439 g/mol. The number of morpholine rings is 1. The highest BCUT2D eigenvalue weighted by Crippen LogP contribution is 2.30. The van der Waals surface area contributed by atoms with E-state index in [0.29, 0.717) is 13.2 Å². The molecule has 0 unspecified atom stereocenters. The number of primary amides is 1. The first kappa shape index (κ1) is 20.7. The number of fused-ring (bicyclic) bond motifs is 1. The summed E-state index contributed by atoms with van der Waals surface area (Å²) in [7, 11) is 0. The second-order valence-electron chi connectivity index (χ2n) is 7.86. The van der Waals surface area contributed by atoms with Crippen LogP contribution in [-0.2, 0) is 16.1 Å². The first-order valence-electron chi connectivity index (χ1n) is 9.77. The predicted octanol–water partition coefficient (Wildman–Crippen LogP) is 0.958. The number of anilines is 1. The third-order valence-corrected chi connectivity index (χ3v) is 6.80. The van der Waals surface area contributed by atoms with Gasteiger partial charge in [-0.25, -0.2) is 9.97 Å². The van der Waals surface area contributed by atoms with Crippen molar-refractivity contribution >= 4 is 45.0 Å². The maximum atomic E-state index is 11.7. The van der Waals surface area contributed by atoms with Gasteiger partial charge in [-0.1, -0.05) is 11.3 Å². The van der Waals surface area contributed by atoms with Gasteiger partial charge in [-0.3, -0.25) is 14.6 Å². The molecule has 0 bridgehead atoms. The molecule has 29 heavy (non-hydrogen) atoms. The van der Waals surface area contributed by atoms with Crippen LogP contribution in [0.1, 0.15) is 18.9 Å². The number of nitrogens with two attached hydrogens (primary N) is 1. The van der Waals surface area contributed by atoms with Crippen LogP contribution in [-0.4, -0.2) is 88.7 Å². The Bertz CT molecular complexity index is 892. The Morgan fingerprint density at radius 1 is 1.14 bits per heavy atom. The van der Waals surface area contributed by atoms with Gasteiger partial charge in [0.1, 0.15) is 10.5 Å². The lowest BCUT2D eigenvalue weighted by Gasteiger charge is -2.42. The molecule has 2 aromatic rings. The fraction of sp³-hybridized carbons (Fsp3) is 0.667. The van der Waals surface area contributed by atoms with Crippen LogP contribution in [0, 0.1) is 0 Å². The van der Waals surface area contributed by atoms with Gasteiger partial charge in [-0.05, 0) is 25.4 Å². The van der Waals surface area contributed by atoms with Crippen molar-refractivity contribution in [3.63, 3.8) is 0 Å². The average molecular weight is 440 g/mol. The largest absolute Gasteiger partial charge is 0.378 e. The molecule has 0 saturated carbocycles. The molecule has 0 spiro atoms. The second kappa shape index (κ2) is 8.27. The van der Waals surface area contributed by atoms with Crippen LogP contribution in [0.25, 0.3) is 10.3 Å². The van der Waals surface area contributed by atoms with E-state index < -0.39 is 5.54 Å². The molecule has 0 radical (unpaired) electrons. The van der Waals surface area contributed by atoms with Crippen LogP contribution in [0.4, 0.5) is 5.82 Å². The molecule has 9 nitrogen and oxygen atoms in total. The number of thiazole rings is 1. The van der Waals surface area contributed by atoms with Gasteiger partial charge < -0.3 is 15.4 Å². The minimum atomic E-state index is -0.624. The molecule has 2 aliphatic rings. The Balaban J connectivity index is 1.47. The number of hydrogen-bond acceptors (Lipinski definition) is 9. The summed E-state index contributed by atoms with van der Waals surface area (Å²) in [5.41, 5.74) is 5.74. The van der Waals surface area contributed by atoms with Crippen LogP contribution in [0.15, 0.2) is 0 Å². The van der Waals surface area contributed by atoms with Gasteiger partial charge in [0.05, 0.1) is 25.3 Å². The van der Waals surface area contributed by atoms with Crippen molar-refractivity contribution in [3.8, 4) is 0 Å². The first-order valence-corrected chi connectivity index (χ1v) is 11.0. The average Bonchev–Trinajstić information content (AvgIpc) is 3.10. The summed E-state index contributed by atoms with van der Waals surface area (Å²) >= 11 is 7.73. The van der Waals surface area contributed by atoms with Gasteiger partial charge in [0.15, 0.2) is 10.6 Å². The van der Waals surface area contributed by atoms with Crippen molar-refractivity contribution in [3.05, 3.63) is 10.3 Å². The summed E-state index contributed by atoms with van der Waals surface area (Å²) in [4.78, 5) is 32.8. The molecule has 11 heteroatoms. The Hall–Kier alpha value is -1.59. The number of aromatic nitrogens is 3. The lowest BCUT2D eigenvalue weighted by Crippen LogP contribution is -2.59. The van der Waals surface area contributed by atoms with Gasteiger partial charge in [0.2, 0.25) is 11.2 Å². The number of rotatable bonds is 5. The third kappa shape index (κ3) is 4.31. The zero-order valence-electron chi connectivity index (χ0n) is 16.7. The fourth-order valence-corrected chi connectivity index (χ4v) is 4.89. The Morgan fingerprint density at radius 3 is 2.48 bits per heavy atom. The Kier molecular flexibility index (Phi) is 5.90. The summed E-state index contributed by atoms with van der Waals surface area (Å²) in [6.07, 6.45) is 0. The zero-order chi connectivity index (χ0) is 20.6. The molecule has 4 rings (SSSR count). The van der Waals surface area contributed by atoms with E-state index in [0.717, 1.165) is 67.0 Å². The van der Waals surface area contributed by atoms with Gasteiger partial charge in [0, 0.05) is 39.3 Å². The SMILES string of the molecule is CC(C)(C(N)=O)N1CCN(Cc2nc3c(N4CCOCC4)nc(Cl)nc3s2)CC1. The highest BCUT2D eigenvalue weighted by molar-refractivity contribution is 7.18. The van der Waals surface area contributed by atoms with E-state index in [1.165, 1.54) is 0 Å². The third-order valence-electron chi connectivity index (χ3n) is 5.69. The van der Waals surface area contributed by atoms with Crippen LogP contribution in [0.3, 0.4) is 0 Å². The van der Waals surface area contributed by atoms with Gasteiger partial charge in [0.25, 0.3) is 0 Å². The van der Waals surface area contributed by atoms with Crippen molar-refractivity contribution in [1.82, 2.24) is 24.8 Å². The van der Waals surface area contributed by atoms with E-state index in [1.807, 2.05) is 13.8 Å². The first-order chi connectivity index (χ1) is 13.8. The summed E-state index contributed by atoms with van der Waals surface area (Å²) < 4.78 is 5.44. The molecular weight excluding hydrogens is 414 g/mol. The molecule has 0 atom stereocenters. The quantitative estimate of drug-likeness (QED) is 0.687. The van der Waals surface area contributed by atoms with Crippen LogP contribution in [0.2, 0.25) is 5.28 Å². The molecular formula is C18H26ClN7O2S. The molecule has 2 fully saturated rings. The molecule has 0 aliphatic carbocycles. The van der Waals surface area contributed by atoms with E-state index in [9.17, 15) is 4.79 Å². The van der Waals surface area contributed by atoms with Crippen molar-refractivity contribution < 1.29 is 9.53 Å². The molecule has 1 amide bonds. The van der Waals surface area contributed by atoms with E-state index in [1.54, 1.807) is 11.3 Å². The summed E-state index contributed by atoms with van der Waals surface area (Å²) in [5, 5.41) is 1.24. The topological polar surface area (TPSA) is 101 Å². The van der Waals surface area contributed by atoms with Gasteiger partial charge >= 0.3 is 0 Å². The number of halogens is 1. The lowest BCUT2D eigenvalue weighted by atomic mass is 10.0. The number of ether oxygens (including phenoxy) is 1. The molecule has 2 saturated heterocycles. The maximum absolute atomic E-state index is 11.7. The lowest BCUT2D eigenvalue weighted by molar-refractivity contribution is -0.129. The minimum absolute atomic E-state index is 0.247. The smallest absolute Gasteiger partial charge is 0.237 e. The number of carbonyl (C=O) groups is 1. The van der Waals surface area contributed by atoms with E-state index in [2.05, 4.69) is 24.7 Å². The van der Waals surface area contributed by atoms with Crippen LogP contribution >= 0.6 is 22.9 Å². The number of carbonyl (C=O) groups excluding carboxylic acids is 1. The normalized spacial score (nSPS) is 19.8. The van der Waals surface area contributed by atoms with Crippen LogP contribution in [0.5, 0.6) is 0 Å². The van der Waals surface area contributed by atoms with Crippen LogP contribution < -0.4 is 10.6 Å². The summed E-state index contributed by atoms with van der Waals surface area (Å²) in [5.74, 6) is 0.502. The highest BCUT2D eigenvalue weighted by Gasteiger charge is 2.34. The molecule has 2 aromatic heterocycles. The zero-order valence-corrected chi connectivity index (χ0v) is 18.3.